The Bertz CT molecular complexity index is 1090. The average Bonchev–Trinajstić information content (AvgIpc) is 2.78. The summed E-state index contributed by atoms with van der Waals surface area (Å²) >= 11 is 0. The van der Waals surface area contributed by atoms with E-state index >= 15 is 0 Å². The van der Waals surface area contributed by atoms with Crippen LogP contribution in [-0.4, -0.2) is 40.8 Å². The predicted octanol–water partition coefficient (Wildman–Crippen LogP) is 3.82. The van der Waals surface area contributed by atoms with Crippen molar-refractivity contribution in [2.24, 2.45) is 0 Å². The number of pyridine rings is 1. The molecule has 0 saturated carbocycles. The van der Waals surface area contributed by atoms with Gasteiger partial charge in [0.05, 0.1) is 11.1 Å². The largest absolute Gasteiger partial charge is 0.338 e. The third-order valence-electron chi connectivity index (χ3n) is 6.08. The Morgan fingerprint density at radius 1 is 0.966 bits per heavy atom. The fraction of sp³-hybridized carbons (Fsp3) is 0.292. The summed E-state index contributed by atoms with van der Waals surface area (Å²) in [6.07, 6.45) is 4.65. The van der Waals surface area contributed by atoms with Crippen molar-refractivity contribution in [3.63, 3.8) is 0 Å². The predicted molar refractivity (Wildman–Crippen MR) is 113 cm³/mol. The molecule has 1 aromatic heterocycles. The van der Waals surface area contributed by atoms with Crippen LogP contribution in [0.15, 0.2) is 60.8 Å². The molecule has 5 rings (SSSR count). The van der Waals surface area contributed by atoms with Crippen molar-refractivity contribution in [1.82, 2.24) is 9.88 Å². The summed E-state index contributed by atoms with van der Waals surface area (Å²) in [6.45, 7) is 1.31. The van der Waals surface area contributed by atoms with Crippen molar-refractivity contribution >= 4 is 28.4 Å². The Morgan fingerprint density at radius 3 is 2.59 bits per heavy atom. The number of rotatable bonds is 2. The lowest BCUT2D eigenvalue weighted by Crippen LogP contribution is -2.50. The third kappa shape index (κ3) is 3.27. The highest BCUT2D eigenvalue weighted by molar-refractivity contribution is 5.98. The molecule has 5 nitrogen and oxygen atoms in total. The Labute approximate surface area is 170 Å². The number of para-hydroxylation sites is 2. The van der Waals surface area contributed by atoms with Crippen molar-refractivity contribution in [3.8, 4) is 0 Å². The zero-order chi connectivity index (χ0) is 19.8. The molecular weight excluding hydrogens is 362 g/mol. The van der Waals surface area contributed by atoms with Gasteiger partial charge in [-0.3, -0.25) is 14.6 Å². The number of anilines is 1. The minimum absolute atomic E-state index is 0.0204. The van der Waals surface area contributed by atoms with Crippen LogP contribution >= 0.6 is 0 Å². The molecule has 29 heavy (non-hydrogen) atoms. The van der Waals surface area contributed by atoms with Crippen LogP contribution in [0.5, 0.6) is 0 Å². The molecule has 2 amide bonds. The van der Waals surface area contributed by atoms with Gasteiger partial charge in [-0.15, -0.1) is 0 Å². The van der Waals surface area contributed by atoms with Gasteiger partial charge in [-0.05, 0) is 43.0 Å². The second-order valence-corrected chi connectivity index (χ2v) is 7.83. The van der Waals surface area contributed by atoms with E-state index in [4.69, 9.17) is 0 Å². The van der Waals surface area contributed by atoms with Gasteiger partial charge in [-0.25, -0.2) is 0 Å². The van der Waals surface area contributed by atoms with Gasteiger partial charge in [-0.2, -0.15) is 0 Å². The molecule has 1 fully saturated rings. The van der Waals surface area contributed by atoms with Crippen LogP contribution in [0.1, 0.15) is 35.2 Å². The first kappa shape index (κ1) is 17.9. The SMILES string of the molecule is O=C(c1cnc2ccccc2c1)N1CCC(N2C(=O)CCc3ccccc32)CC1. The number of hydrogen-bond acceptors (Lipinski definition) is 3. The summed E-state index contributed by atoms with van der Waals surface area (Å²) in [5, 5.41) is 0.976. The molecule has 0 spiro atoms. The van der Waals surface area contributed by atoms with Gasteiger partial charge in [0.2, 0.25) is 5.91 Å². The zero-order valence-electron chi connectivity index (χ0n) is 16.3. The Hall–Kier alpha value is -3.21. The second kappa shape index (κ2) is 7.32. The van der Waals surface area contributed by atoms with E-state index < -0.39 is 0 Å². The number of piperidine rings is 1. The van der Waals surface area contributed by atoms with E-state index in [-0.39, 0.29) is 17.9 Å². The number of benzene rings is 2. The van der Waals surface area contributed by atoms with Crippen molar-refractivity contribution in [2.45, 2.75) is 31.7 Å². The lowest BCUT2D eigenvalue weighted by molar-refractivity contribution is -0.119. The van der Waals surface area contributed by atoms with Crippen molar-refractivity contribution in [3.05, 3.63) is 71.9 Å². The molecule has 0 bridgehead atoms. The minimum Gasteiger partial charge on any atom is -0.338 e. The van der Waals surface area contributed by atoms with Gasteiger partial charge < -0.3 is 9.80 Å². The fourth-order valence-electron chi connectivity index (χ4n) is 4.55. The fourth-order valence-corrected chi connectivity index (χ4v) is 4.55. The van der Waals surface area contributed by atoms with Gasteiger partial charge in [0, 0.05) is 42.8 Å². The van der Waals surface area contributed by atoms with Crippen LogP contribution in [0.2, 0.25) is 0 Å². The molecule has 3 aromatic rings. The van der Waals surface area contributed by atoms with E-state index in [0.29, 0.717) is 25.1 Å². The molecule has 3 heterocycles. The smallest absolute Gasteiger partial charge is 0.255 e. The van der Waals surface area contributed by atoms with Crippen LogP contribution in [-0.2, 0) is 11.2 Å². The number of hydrogen-bond donors (Lipinski definition) is 0. The molecule has 2 aliphatic rings. The lowest BCUT2D eigenvalue weighted by Gasteiger charge is -2.41. The van der Waals surface area contributed by atoms with Gasteiger partial charge in [0.25, 0.3) is 5.91 Å². The maximum absolute atomic E-state index is 13.0. The first-order valence-electron chi connectivity index (χ1n) is 10.2. The summed E-state index contributed by atoms with van der Waals surface area (Å²) in [4.78, 5) is 33.9. The molecule has 0 radical (unpaired) electrons. The van der Waals surface area contributed by atoms with Crippen LogP contribution in [0.4, 0.5) is 5.69 Å². The first-order chi connectivity index (χ1) is 14.2. The van der Waals surface area contributed by atoms with E-state index in [0.717, 1.165) is 35.9 Å². The molecule has 146 valence electrons. The summed E-state index contributed by atoms with van der Waals surface area (Å²) in [5.41, 5.74) is 3.81. The van der Waals surface area contributed by atoms with E-state index in [1.54, 1.807) is 6.20 Å². The molecule has 2 aliphatic heterocycles. The molecule has 0 atom stereocenters. The number of carbonyl (C=O) groups excluding carboxylic acids is 2. The number of aryl methyl sites for hydroxylation is 1. The summed E-state index contributed by atoms with van der Waals surface area (Å²) in [5.74, 6) is 0.222. The molecule has 1 saturated heterocycles. The average molecular weight is 385 g/mol. The highest BCUT2D eigenvalue weighted by Gasteiger charge is 2.33. The van der Waals surface area contributed by atoms with Crippen LogP contribution < -0.4 is 4.90 Å². The van der Waals surface area contributed by atoms with Crippen LogP contribution in [0, 0.1) is 0 Å². The van der Waals surface area contributed by atoms with Crippen molar-refractivity contribution in [1.29, 1.82) is 0 Å². The quantitative estimate of drug-likeness (QED) is 0.674. The van der Waals surface area contributed by atoms with Gasteiger partial charge in [-0.1, -0.05) is 36.4 Å². The summed E-state index contributed by atoms with van der Waals surface area (Å²) in [6, 6.07) is 18.1. The molecule has 0 aliphatic carbocycles. The van der Waals surface area contributed by atoms with E-state index in [2.05, 4.69) is 11.1 Å². The van der Waals surface area contributed by atoms with E-state index in [9.17, 15) is 9.59 Å². The highest BCUT2D eigenvalue weighted by Crippen LogP contribution is 2.32. The van der Waals surface area contributed by atoms with Gasteiger partial charge in [0.15, 0.2) is 0 Å². The van der Waals surface area contributed by atoms with Crippen molar-refractivity contribution in [2.75, 3.05) is 18.0 Å². The molecule has 5 heteroatoms. The molecule has 0 N–H and O–H groups in total. The standard InChI is InChI=1S/C24H23N3O2/c28-23-10-9-17-5-2-4-8-22(17)27(23)20-11-13-26(14-12-20)24(29)19-15-18-6-1-3-7-21(18)25-16-19/h1-8,15-16,20H,9-14H2. The number of aromatic nitrogens is 1. The number of nitrogens with zero attached hydrogens (tertiary/aromatic N) is 3. The number of likely N-dealkylation sites (tertiary alicyclic amines) is 1. The van der Waals surface area contributed by atoms with Gasteiger partial charge >= 0.3 is 0 Å². The Kier molecular flexibility index (Phi) is 4.51. The molecular formula is C24H23N3O2. The van der Waals surface area contributed by atoms with E-state index in [1.807, 2.05) is 58.3 Å². The van der Waals surface area contributed by atoms with Crippen LogP contribution in [0.25, 0.3) is 10.9 Å². The number of carbonyl (C=O) groups is 2. The monoisotopic (exact) mass is 385 g/mol. The summed E-state index contributed by atoms with van der Waals surface area (Å²) in [7, 11) is 0. The maximum atomic E-state index is 13.0. The van der Waals surface area contributed by atoms with Crippen molar-refractivity contribution < 1.29 is 9.59 Å². The lowest BCUT2D eigenvalue weighted by atomic mass is 9.95. The third-order valence-corrected chi connectivity index (χ3v) is 6.08. The maximum Gasteiger partial charge on any atom is 0.255 e. The number of amides is 2. The normalized spacial score (nSPS) is 17.4. The second-order valence-electron chi connectivity index (χ2n) is 7.83. The van der Waals surface area contributed by atoms with Gasteiger partial charge in [0.1, 0.15) is 0 Å². The highest BCUT2D eigenvalue weighted by atomic mass is 16.2. The van der Waals surface area contributed by atoms with E-state index in [1.165, 1.54) is 5.56 Å². The molecule has 2 aromatic carbocycles. The Balaban J connectivity index is 1.31. The summed E-state index contributed by atoms with van der Waals surface area (Å²) < 4.78 is 0. The Morgan fingerprint density at radius 2 is 1.72 bits per heavy atom. The number of fused-ring (bicyclic) bond motifs is 2. The molecule has 0 unspecified atom stereocenters. The first-order valence-corrected chi connectivity index (χ1v) is 10.2. The zero-order valence-corrected chi connectivity index (χ0v) is 16.3. The van der Waals surface area contributed by atoms with Crippen LogP contribution in [0.3, 0.4) is 0 Å². The minimum atomic E-state index is 0.0204. The topological polar surface area (TPSA) is 53.5 Å².